The molecule has 0 aromatic heterocycles. The Morgan fingerprint density at radius 3 is 2.06 bits per heavy atom. The van der Waals surface area contributed by atoms with E-state index in [9.17, 15) is 14.7 Å². The zero-order valence-electron chi connectivity index (χ0n) is 17.8. The zero-order valence-corrected chi connectivity index (χ0v) is 17.8. The molecule has 1 atom stereocenters. The number of fused-ring (bicyclic) bond motifs is 3. The van der Waals surface area contributed by atoms with Crippen LogP contribution in [0.4, 0.5) is 4.79 Å². The summed E-state index contributed by atoms with van der Waals surface area (Å²) in [6, 6.07) is 24.4. The molecular formula is C26H25NO5. The molecule has 3 aromatic rings. The van der Waals surface area contributed by atoms with Gasteiger partial charge < -0.3 is 14.6 Å². The SMILES string of the molecule is CN(C(=O)OCC1c2ccccc2-c2ccccc21)C(COCc1ccccc1)C(=O)O. The van der Waals surface area contributed by atoms with Crippen molar-refractivity contribution in [3.05, 3.63) is 95.6 Å². The fraction of sp³-hybridized carbons (Fsp3) is 0.231. The molecule has 3 aromatic carbocycles. The van der Waals surface area contributed by atoms with Crippen LogP contribution in [0.3, 0.4) is 0 Å². The van der Waals surface area contributed by atoms with Gasteiger partial charge in [0.1, 0.15) is 6.61 Å². The molecule has 1 N–H and O–H groups in total. The van der Waals surface area contributed by atoms with Crippen molar-refractivity contribution >= 4 is 12.1 Å². The minimum Gasteiger partial charge on any atom is -0.480 e. The van der Waals surface area contributed by atoms with Crippen LogP contribution < -0.4 is 0 Å². The highest BCUT2D eigenvalue weighted by Gasteiger charge is 2.32. The van der Waals surface area contributed by atoms with Gasteiger partial charge in [0.05, 0.1) is 13.2 Å². The summed E-state index contributed by atoms with van der Waals surface area (Å²) in [7, 11) is 1.42. The Kier molecular flexibility index (Phi) is 6.52. The maximum absolute atomic E-state index is 12.7. The van der Waals surface area contributed by atoms with E-state index in [1.165, 1.54) is 7.05 Å². The number of hydrogen-bond acceptors (Lipinski definition) is 4. The fourth-order valence-corrected chi connectivity index (χ4v) is 4.03. The lowest BCUT2D eigenvalue weighted by molar-refractivity contribution is -0.144. The summed E-state index contributed by atoms with van der Waals surface area (Å²) in [6.45, 7) is 0.266. The summed E-state index contributed by atoms with van der Waals surface area (Å²) in [5, 5.41) is 9.60. The predicted octanol–water partition coefficient (Wildman–Crippen LogP) is 4.54. The highest BCUT2D eigenvalue weighted by Crippen LogP contribution is 2.44. The van der Waals surface area contributed by atoms with Crippen LogP contribution in [0.15, 0.2) is 78.9 Å². The first-order chi connectivity index (χ1) is 15.6. The summed E-state index contributed by atoms with van der Waals surface area (Å²) in [5.41, 5.74) is 5.40. The van der Waals surface area contributed by atoms with Crippen molar-refractivity contribution in [1.29, 1.82) is 0 Å². The van der Waals surface area contributed by atoms with Crippen LogP contribution in [0.5, 0.6) is 0 Å². The van der Waals surface area contributed by atoms with E-state index in [0.29, 0.717) is 0 Å². The van der Waals surface area contributed by atoms with Crippen LogP contribution in [0.1, 0.15) is 22.6 Å². The molecule has 1 unspecified atom stereocenters. The highest BCUT2D eigenvalue weighted by atomic mass is 16.6. The van der Waals surface area contributed by atoms with Crippen LogP contribution in [0.2, 0.25) is 0 Å². The van der Waals surface area contributed by atoms with Gasteiger partial charge in [-0.15, -0.1) is 0 Å². The Morgan fingerprint density at radius 1 is 0.906 bits per heavy atom. The maximum Gasteiger partial charge on any atom is 0.410 e. The average molecular weight is 431 g/mol. The molecule has 1 aliphatic rings. The summed E-state index contributed by atoms with van der Waals surface area (Å²) < 4.78 is 11.1. The minimum absolute atomic E-state index is 0.0858. The van der Waals surface area contributed by atoms with Gasteiger partial charge >= 0.3 is 12.1 Å². The molecule has 0 radical (unpaired) electrons. The van der Waals surface area contributed by atoms with Crippen LogP contribution in [0, 0.1) is 0 Å². The topological polar surface area (TPSA) is 76.1 Å². The van der Waals surface area contributed by atoms with Crippen LogP contribution in [-0.4, -0.2) is 48.4 Å². The smallest absolute Gasteiger partial charge is 0.410 e. The number of carbonyl (C=O) groups excluding carboxylic acids is 1. The number of carboxylic acid groups (broad SMARTS) is 1. The third-order valence-corrected chi connectivity index (χ3v) is 5.76. The van der Waals surface area contributed by atoms with Crippen molar-refractivity contribution < 1.29 is 24.2 Å². The molecule has 32 heavy (non-hydrogen) atoms. The molecule has 6 heteroatoms. The van der Waals surface area contributed by atoms with Crippen LogP contribution in [0.25, 0.3) is 11.1 Å². The van der Waals surface area contributed by atoms with Gasteiger partial charge in [0, 0.05) is 13.0 Å². The lowest BCUT2D eigenvalue weighted by Crippen LogP contribution is -2.45. The Morgan fingerprint density at radius 2 is 1.47 bits per heavy atom. The fourth-order valence-electron chi connectivity index (χ4n) is 4.03. The second kappa shape index (κ2) is 9.66. The normalized spacial score (nSPS) is 13.2. The molecule has 0 spiro atoms. The van der Waals surface area contributed by atoms with E-state index in [4.69, 9.17) is 9.47 Å². The molecular weight excluding hydrogens is 406 g/mol. The maximum atomic E-state index is 12.7. The van der Waals surface area contributed by atoms with E-state index in [1.54, 1.807) is 0 Å². The number of nitrogens with zero attached hydrogens (tertiary/aromatic N) is 1. The summed E-state index contributed by atoms with van der Waals surface area (Å²) >= 11 is 0. The molecule has 0 fully saturated rings. The third-order valence-electron chi connectivity index (χ3n) is 5.76. The highest BCUT2D eigenvalue weighted by molar-refractivity contribution is 5.81. The molecule has 0 saturated heterocycles. The Labute approximate surface area is 187 Å². The monoisotopic (exact) mass is 431 g/mol. The number of carboxylic acids is 1. The van der Waals surface area contributed by atoms with E-state index in [1.807, 2.05) is 66.7 Å². The molecule has 0 aliphatic heterocycles. The first-order valence-corrected chi connectivity index (χ1v) is 10.5. The van der Waals surface area contributed by atoms with Gasteiger partial charge in [-0.05, 0) is 27.8 Å². The first-order valence-electron chi connectivity index (χ1n) is 10.5. The molecule has 0 saturated carbocycles. The predicted molar refractivity (Wildman–Crippen MR) is 120 cm³/mol. The number of benzene rings is 3. The molecule has 164 valence electrons. The van der Waals surface area contributed by atoms with Gasteiger partial charge in [-0.1, -0.05) is 78.9 Å². The van der Waals surface area contributed by atoms with E-state index < -0.39 is 18.1 Å². The number of aliphatic carboxylic acids is 1. The van der Waals surface area contributed by atoms with Crippen LogP contribution >= 0.6 is 0 Å². The van der Waals surface area contributed by atoms with Gasteiger partial charge in [0.25, 0.3) is 0 Å². The van der Waals surface area contributed by atoms with Crippen LogP contribution in [-0.2, 0) is 20.9 Å². The van der Waals surface area contributed by atoms with E-state index >= 15 is 0 Å². The molecule has 1 aliphatic carbocycles. The number of likely N-dealkylation sites (N-methyl/N-ethyl adjacent to an activating group) is 1. The van der Waals surface area contributed by atoms with Crippen molar-refractivity contribution in [1.82, 2.24) is 4.90 Å². The Hall–Kier alpha value is -3.64. The van der Waals surface area contributed by atoms with E-state index in [-0.39, 0.29) is 25.7 Å². The molecule has 0 bridgehead atoms. The lowest BCUT2D eigenvalue weighted by atomic mass is 9.98. The molecule has 4 rings (SSSR count). The molecule has 0 heterocycles. The Bertz CT molecular complexity index is 1050. The standard InChI is InChI=1S/C26H25NO5/c1-27(24(25(28)29)17-31-15-18-9-3-2-4-10-18)26(30)32-16-23-21-13-7-5-11-19(21)20-12-6-8-14-22(20)23/h2-14,23-24H,15-17H2,1H3,(H,28,29). The number of hydrogen-bond donors (Lipinski definition) is 1. The van der Waals surface area contributed by atoms with E-state index in [2.05, 4.69) is 12.1 Å². The van der Waals surface area contributed by atoms with Crippen molar-refractivity contribution in [2.24, 2.45) is 0 Å². The van der Waals surface area contributed by atoms with Crippen molar-refractivity contribution in [3.63, 3.8) is 0 Å². The lowest BCUT2D eigenvalue weighted by Gasteiger charge is -2.25. The Balaban J connectivity index is 1.39. The van der Waals surface area contributed by atoms with Gasteiger partial charge in [0.2, 0.25) is 0 Å². The second-order valence-electron chi connectivity index (χ2n) is 7.77. The number of rotatable bonds is 8. The number of ether oxygens (including phenoxy) is 2. The zero-order chi connectivity index (χ0) is 22.5. The van der Waals surface area contributed by atoms with Crippen molar-refractivity contribution in [3.8, 4) is 11.1 Å². The first kappa shape index (κ1) is 21.6. The van der Waals surface area contributed by atoms with E-state index in [0.717, 1.165) is 32.7 Å². The molecule has 6 nitrogen and oxygen atoms in total. The second-order valence-corrected chi connectivity index (χ2v) is 7.77. The van der Waals surface area contributed by atoms with Gasteiger partial charge in [0.15, 0.2) is 6.04 Å². The van der Waals surface area contributed by atoms with Crippen molar-refractivity contribution in [2.75, 3.05) is 20.3 Å². The number of carbonyl (C=O) groups is 2. The number of amides is 1. The third kappa shape index (κ3) is 4.50. The van der Waals surface area contributed by atoms with Gasteiger partial charge in [-0.2, -0.15) is 0 Å². The van der Waals surface area contributed by atoms with Gasteiger partial charge in [-0.3, -0.25) is 4.90 Å². The quantitative estimate of drug-likeness (QED) is 0.567. The average Bonchev–Trinajstić information content (AvgIpc) is 3.14. The summed E-state index contributed by atoms with van der Waals surface area (Å²) in [4.78, 5) is 25.5. The summed E-state index contributed by atoms with van der Waals surface area (Å²) in [5.74, 6) is -1.23. The molecule has 1 amide bonds. The summed E-state index contributed by atoms with van der Waals surface area (Å²) in [6.07, 6.45) is -0.692. The minimum atomic E-state index is -1.14. The van der Waals surface area contributed by atoms with Crippen molar-refractivity contribution in [2.45, 2.75) is 18.6 Å². The van der Waals surface area contributed by atoms with Gasteiger partial charge in [-0.25, -0.2) is 9.59 Å². The largest absolute Gasteiger partial charge is 0.480 e.